The van der Waals surface area contributed by atoms with Crippen LogP contribution in [0.15, 0.2) is 24.3 Å². The molecule has 0 aromatic heterocycles. The summed E-state index contributed by atoms with van der Waals surface area (Å²) in [6.45, 7) is 5.18. The van der Waals surface area contributed by atoms with Crippen molar-refractivity contribution >= 4 is 12.6 Å². The van der Waals surface area contributed by atoms with Crippen LogP contribution in [0.25, 0.3) is 0 Å². The third-order valence-corrected chi connectivity index (χ3v) is 2.55. The molecule has 1 aromatic carbocycles. The van der Waals surface area contributed by atoms with E-state index in [0.717, 1.165) is 31.9 Å². The first-order chi connectivity index (χ1) is 8.13. The summed E-state index contributed by atoms with van der Waals surface area (Å²) in [6, 6.07) is 7.28. The number of rotatable bonds is 7. The first-order valence-corrected chi connectivity index (χ1v) is 5.84. The third-order valence-electron chi connectivity index (χ3n) is 2.55. The highest BCUT2D eigenvalue weighted by Gasteiger charge is 2.09. The van der Waals surface area contributed by atoms with Gasteiger partial charge in [-0.25, -0.2) is 0 Å². The molecular formula is C12H20BNO3. The van der Waals surface area contributed by atoms with Gasteiger partial charge in [-0.05, 0) is 25.0 Å². The van der Waals surface area contributed by atoms with Crippen LogP contribution in [0, 0.1) is 0 Å². The van der Waals surface area contributed by atoms with E-state index in [0.29, 0.717) is 5.46 Å². The van der Waals surface area contributed by atoms with Crippen LogP contribution < -0.4 is 5.46 Å². The van der Waals surface area contributed by atoms with E-state index >= 15 is 0 Å². The van der Waals surface area contributed by atoms with Crippen molar-refractivity contribution in [1.82, 2.24) is 4.90 Å². The molecule has 0 aliphatic rings. The van der Waals surface area contributed by atoms with Gasteiger partial charge in [0.2, 0.25) is 0 Å². The number of likely N-dealkylation sites (N-methyl/N-ethyl adjacent to an activating group) is 1. The molecule has 1 rings (SSSR count). The first-order valence-electron chi connectivity index (χ1n) is 5.84. The molecule has 0 atom stereocenters. The second-order valence-electron chi connectivity index (χ2n) is 4.05. The lowest BCUT2D eigenvalue weighted by molar-refractivity contribution is 0.120. The lowest BCUT2D eigenvalue weighted by Gasteiger charge is -2.16. The van der Waals surface area contributed by atoms with Crippen molar-refractivity contribution in [2.24, 2.45) is 0 Å². The zero-order chi connectivity index (χ0) is 12.7. The van der Waals surface area contributed by atoms with Gasteiger partial charge in [-0.2, -0.15) is 0 Å². The van der Waals surface area contributed by atoms with E-state index in [9.17, 15) is 0 Å². The molecule has 0 fully saturated rings. The Kier molecular flexibility index (Phi) is 6.22. The molecule has 0 heterocycles. The van der Waals surface area contributed by atoms with Crippen LogP contribution >= 0.6 is 0 Å². The first kappa shape index (κ1) is 14.2. The highest BCUT2D eigenvalue weighted by molar-refractivity contribution is 6.58. The molecule has 4 nitrogen and oxygen atoms in total. The average Bonchev–Trinajstić information content (AvgIpc) is 2.30. The minimum Gasteiger partial charge on any atom is -0.423 e. The van der Waals surface area contributed by atoms with Crippen molar-refractivity contribution in [3.63, 3.8) is 0 Å². The third kappa shape index (κ3) is 5.32. The fourth-order valence-electron chi connectivity index (χ4n) is 1.55. The van der Waals surface area contributed by atoms with Crippen molar-refractivity contribution in [1.29, 1.82) is 0 Å². The van der Waals surface area contributed by atoms with Gasteiger partial charge >= 0.3 is 7.12 Å². The average molecular weight is 237 g/mol. The van der Waals surface area contributed by atoms with Gasteiger partial charge < -0.3 is 14.8 Å². The SMILES string of the molecule is CCOCCN(C)Cc1ccc(B(O)O)cc1. The van der Waals surface area contributed by atoms with Crippen LogP contribution in [0.3, 0.4) is 0 Å². The highest BCUT2D eigenvalue weighted by Crippen LogP contribution is 2.01. The van der Waals surface area contributed by atoms with Crippen LogP contribution in [0.4, 0.5) is 0 Å². The van der Waals surface area contributed by atoms with E-state index in [2.05, 4.69) is 4.90 Å². The molecule has 0 aliphatic carbocycles. The maximum absolute atomic E-state index is 8.97. The fourth-order valence-corrected chi connectivity index (χ4v) is 1.55. The summed E-state index contributed by atoms with van der Waals surface area (Å²) in [4.78, 5) is 2.17. The van der Waals surface area contributed by atoms with Gasteiger partial charge in [0.05, 0.1) is 6.61 Å². The Morgan fingerprint density at radius 2 is 1.88 bits per heavy atom. The highest BCUT2D eigenvalue weighted by atomic mass is 16.5. The normalized spacial score (nSPS) is 10.9. The molecule has 1 aromatic rings. The molecule has 0 aliphatic heterocycles. The molecule has 0 saturated heterocycles. The topological polar surface area (TPSA) is 52.9 Å². The Bertz CT molecular complexity index is 316. The molecule has 0 bridgehead atoms. The fraction of sp³-hybridized carbons (Fsp3) is 0.500. The van der Waals surface area contributed by atoms with Gasteiger partial charge in [0.25, 0.3) is 0 Å². The number of hydrogen-bond donors (Lipinski definition) is 2. The molecule has 0 radical (unpaired) electrons. The lowest BCUT2D eigenvalue weighted by Crippen LogP contribution is -2.29. The van der Waals surface area contributed by atoms with E-state index < -0.39 is 7.12 Å². The monoisotopic (exact) mass is 237 g/mol. The van der Waals surface area contributed by atoms with E-state index in [1.807, 2.05) is 26.1 Å². The predicted octanol–water partition coefficient (Wildman–Crippen LogP) is -0.165. The summed E-state index contributed by atoms with van der Waals surface area (Å²) in [5, 5.41) is 17.9. The van der Waals surface area contributed by atoms with Gasteiger partial charge in [0.15, 0.2) is 0 Å². The second kappa shape index (κ2) is 7.45. The smallest absolute Gasteiger partial charge is 0.423 e. The predicted molar refractivity (Wildman–Crippen MR) is 69.1 cm³/mol. The van der Waals surface area contributed by atoms with Gasteiger partial charge in [0.1, 0.15) is 0 Å². The molecule has 0 unspecified atom stereocenters. The van der Waals surface area contributed by atoms with Crippen LogP contribution in [-0.2, 0) is 11.3 Å². The van der Waals surface area contributed by atoms with E-state index in [-0.39, 0.29) is 0 Å². The molecule has 5 heteroatoms. The van der Waals surface area contributed by atoms with E-state index in [4.69, 9.17) is 14.8 Å². The Balaban J connectivity index is 2.40. The van der Waals surface area contributed by atoms with Crippen LogP contribution in [0.1, 0.15) is 12.5 Å². The van der Waals surface area contributed by atoms with Gasteiger partial charge in [-0.1, -0.05) is 24.3 Å². The van der Waals surface area contributed by atoms with Gasteiger partial charge in [0, 0.05) is 19.7 Å². The number of benzene rings is 1. The zero-order valence-corrected chi connectivity index (χ0v) is 10.5. The van der Waals surface area contributed by atoms with Crippen molar-refractivity contribution in [3.8, 4) is 0 Å². The summed E-state index contributed by atoms with van der Waals surface area (Å²) in [5.41, 5.74) is 1.67. The number of ether oxygens (including phenoxy) is 1. The summed E-state index contributed by atoms with van der Waals surface area (Å²) in [5.74, 6) is 0. The molecule has 17 heavy (non-hydrogen) atoms. The van der Waals surface area contributed by atoms with E-state index in [1.54, 1.807) is 12.1 Å². The maximum Gasteiger partial charge on any atom is 0.488 e. The molecule has 2 N–H and O–H groups in total. The Morgan fingerprint density at radius 3 is 2.41 bits per heavy atom. The largest absolute Gasteiger partial charge is 0.488 e. The molecule has 0 spiro atoms. The minimum atomic E-state index is -1.39. The quantitative estimate of drug-likeness (QED) is 0.511. The Labute approximate surface area is 103 Å². The van der Waals surface area contributed by atoms with Crippen molar-refractivity contribution in [3.05, 3.63) is 29.8 Å². The van der Waals surface area contributed by atoms with E-state index in [1.165, 1.54) is 0 Å². The number of nitrogens with zero attached hydrogens (tertiary/aromatic N) is 1. The van der Waals surface area contributed by atoms with Crippen LogP contribution in [0.2, 0.25) is 0 Å². The summed E-state index contributed by atoms with van der Waals surface area (Å²) in [7, 11) is 0.646. The summed E-state index contributed by atoms with van der Waals surface area (Å²) < 4.78 is 5.28. The van der Waals surface area contributed by atoms with Crippen LogP contribution in [-0.4, -0.2) is 48.9 Å². The van der Waals surface area contributed by atoms with Crippen molar-refractivity contribution in [2.75, 3.05) is 26.8 Å². The molecular weight excluding hydrogens is 217 g/mol. The van der Waals surface area contributed by atoms with Crippen LogP contribution in [0.5, 0.6) is 0 Å². The Morgan fingerprint density at radius 1 is 1.24 bits per heavy atom. The molecule has 94 valence electrons. The minimum absolute atomic E-state index is 0.519. The second-order valence-corrected chi connectivity index (χ2v) is 4.05. The lowest BCUT2D eigenvalue weighted by atomic mass is 9.80. The van der Waals surface area contributed by atoms with Gasteiger partial charge in [-0.3, -0.25) is 4.90 Å². The zero-order valence-electron chi connectivity index (χ0n) is 10.5. The maximum atomic E-state index is 8.97. The standard InChI is InChI=1S/C12H20BNO3/c1-3-17-9-8-14(2)10-11-4-6-12(7-5-11)13(15)16/h4-7,15-16H,3,8-10H2,1-2H3. The Hall–Kier alpha value is -0.875. The molecule has 0 saturated carbocycles. The van der Waals surface area contributed by atoms with Crippen molar-refractivity contribution < 1.29 is 14.8 Å². The number of hydrogen-bond acceptors (Lipinski definition) is 4. The van der Waals surface area contributed by atoms with Gasteiger partial charge in [-0.15, -0.1) is 0 Å². The summed E-state index contributed by atoms with van der Waals surface area (Å²) >= 11 is 0. The summed E-state index contributed by atoms with van der Waals surface area (Å²) in [6.07, 6.45) is 0. The molecule has 0 amide bonds. The van der Waals surface area contributed by atoms with Crippen molar-refractivity contribution in [2.45, 2.75) is 13.5 Å².